The summed E-state index contributed by atoms with van der Waals surface area (Å²) in [5, 5.41) is 7.16. The van der Waals surface area contributed by atoms with Gasteiger partial charge in [0.15, 0.2) is 0 Å². The van der Waals surface area contributed by atoms with E-state index in [1.54, 1.807) is 16.3 Å². The van der Waals surface area contributed by atoms with Gasteiger partial charge in [-0.05, 0) is 34.6 Å². The van der Waals surface area contributed by atoms with E-state index in [0.29, 0.717) is 11.8 Å². The van der Waals surface area contributed by atoms with Crippen LogP contribution in [0.2, 0.25) is 13.1 Å². The number of fused-ring (bicyclic) bond motifs is 4. The van der Waals surface area contributed by atoms with Crippen LogP contribution in [0.1, 0.15) is 42.9 Å². The van der Waals surface area contributed by atoms with Gasteiger partial charge in [-0.15, -0.1) is 33.7 Å². The predicted molar refractivity (Wildman–Crippen MR) is 155 cm³/mol. The third kappa shape index (κ3) is 5.31. The molecule has 6 rings (SSSR count). The van der Waals surface area contributed by atoms with Gasteiger partial charge < -0.3 is 24.8 Å². The first-order chi connectivity index (χ1) is 17.0. The Hall–Kier alpha value is -1.83. The van der Waals surface area contributed by atoms with E-state index in [9.17, 15) is 0 Å². The molecule has 38 heavy (non-hydrogen) atoms. The minimum absolute atomic E-state index is 0. The van der Waals surface area contributed by atoms with E-state index in [1.165, 1.54) is 43.8 Å². The van der Waals surface area contributed by atoms with Crippen molar-refractivity contribution in [2.24, 2.45) is 5.92 Å². The molecule has 2 radical (unpaired) electrons. The smallest absolute Gasteiger partial charge is 1.00 e. The van der Waals surface area contributed by atoms with Crippen molar-refractivity contribution in [3.05, 3.63) is 113 Å². The fourth-order valence-electron chi connectivity index (χ4n) is 6.12. The quantitative estimate of drug-likeness (QED) is 0.207. The largest absolute Gasteiger partial charge is 3.00 e. The second kappa shape index (κ2) is 12.6. The first kappa shape index (κ1) is 30.7. The number of hydrogen-bond acceptors (Lipinski definition) is 0. The Morgan fingerprint density at radius 3 is 2.21 bits per heavy atom. The number of benzene rings is 4. The van der Waals surface area contributed by atoms with E-state index in [0.717, 1.165) is 6.42 Å². The van der Waals surface area contributed by atoms with Crippen LogP contribution in [-0.4, -0.2) is 8.80 Å². The van der Waals surface area contributed by atoms with Gasteiger partial charge in [-0.2, -0.15) is 0 Å². The summed E-state index contributed by atoms with van der Waals surface area (Å²) in [4.78, 5) is 0. The molecule has 0 fully saturated rings. The average molecular weight is 631 g/mol. The van der Waals surface area contributed by atoms with E-state index >= 15 is 0 Å². The molecule has 0 spiro atoms. The molecule has 5 aromatic carbocycles. The summed E-state index contributed by atoms with van der Waals surface area (Å²) in [5.41, 5.74) is 8.68. The number of hydrogen-bond donors (Lipinski definition) is 0. The van der Waals surface area contributed by atoms with Crippen LogP contribution >= 0.6 is 0 Å². The Kier molecular flexibility index (Phi) is 10.2. The van der Waals surface area contributed by atoms with Crippen LogP contribution in [0.5, 0.6) is 0 Å². The topological polar surface area (TPSA) is 0 Å². The van der Waals surface area contributed by atoms with Crippen molar-refractivity contribution >= 4 is 41.6 Å². The SMILES string of the molecule is CC(C)CC1=Cc2c(-c3ccccc3)cccc2C1c1c([Si](C)C)ccc2c1[cH-]c1ccccc12.[Cl-].[Cl-].[Zr+3]. The van der Waals surface area contributed by atoms with Gasteiger partial charge >= 0.3 is 26.2 Å². The normalized spacial score (nSPS) is 14.2. The van der Waals surface area contributed by atoms with Gasteiger partial charge in [0.2, 0.25) is 0 Å². The Morgan fingerprint density at radius 2 is 1.50 bits per heavy atom. The van der Waals surface area contributed by atoms with Crippen molar-refractivity contribution in [2.45, 2.75) is 39.3 Å². The molecule has 0 saturated heterocycles. The Balaban J connectivity index is 0.00000133. The Morgan fingerprint density at radius 1 is 0.789 bits per heavy atom. The summed E-state index contributed by atoms with van der Waals surface area (Å²) in [7, 11) is -0.648. The van der Waals surface area contributed by atoms with E-state index in [4.69, 9.17) is 0 Å². The van der Waals surface area contributed by atoms with Crippen molar-refractivity contribution in [2.75, 3.05) is 0 Å². The molecule has 0 aromatic heterocycles. The third-order valence-electron chi connectivity index (χ3n) is 7.55. The van der Waals surface area contributed by atoms with Gasteiger partial charge in [0.05, 0.1) is 8.80 Å². The summed E-state index contributed by atoms with van der Waals surface area (Å²) in [6.45, 7) is 9.60. The molecule has 1 unspecified atom stereocenters. The van der Waals surface area contributed by atoms with Crippen LogP contribution in [0, 0.1) is 5.92 Å². The van der Waals surface area contributed by atoms with Gasteiger partial charge in [-0.25, -0.2) is 0 Å². The number of allylic oxidation sites excluding steroid dienone is 1. The fourth-order valence-corrected chi connectivity index (χ4v) is 7.35. The summed E-state index contributed by atoms with van der Waals surface area (Å²) in [6, 6.07) is 34.0. The molecule has 0 N–H and O–H groups in total. The molecule has 190 valence electrons. The molecule has 0 bridgehead atoms. The van der Waals surface area contributed by atoms with E-state index in [-0.39, 0.29) is 51.0 Å². The summed E-state index contributed by atoms with van der Waals surface area (Å²) < 4.78 is 0. The van der Waals surface area contributed by atoms with Crippen molar-refractivity contribution in [3.8, 4) is 11.1 Å². The monoisotopic (exact) mass is 628 g/mol. The maximum atomic E-state index is 2.53. The molecule has 0 nitrogen and oxygen atoms in total. The van der Waals surface area contributed by atoms with Gasteiger partial charge in [0.1, 0.15) is 0 Å². The van der Waals surface area contributed by atoms with Crippen LogP contribution in [0.25, 0.3) is 38.7 Å². The van der Waals surface area contributed by atoms with Crippen LogP contribution in [0.4, 0.5) is 0 Å². The zero-order valence-electron chi connectivity index (χ0n) is 22.4. The first-order valence-corrected chi connectivity index (χ1v) is 15.3. The molecule has 1 aliphatic carbocycles. The standard InChI is InChI=1S/C34H32Si.2ClH.Zr/c1-22(2)19-25-21-30-26(23-11-6-5-7-12-23)15-10-16-29(30)33(25)34-31-20-24-13-8-9-14-27(24)28(31)17-18-32(34)35(3)4;;;/h5-18,20-22,33H,19H2,1-4H3;2*1H;/q-1;;;+3/p-2. The Bertz CT molecular complexity index is 1580. The molecule has 0 amide bonds. The second-order valence-electron chi connectivity index (χ2n) is 10.6. The molecule has 0 aliphatic heterocycles. The van der Waals surface area contributed by atoms with Crippen LogP contribution in [0.3, 0.4) is 0 Å². The summed E-state index contributed by atoms with van der Waals surface area (Å²) in [5.74, 6) is 0.944. The van der Waals surface area contributed by atoms with E-state index in [1.807, 2.05) is 0 Å². The molecule has 0 heterocycles. The first-order valence-electron chi connectivity index (χ1n) is 12.8. The minimum Gasteiger partial charge on any atom is -1.00 e. The van der Waals surface area contributed by atoms with Gasteiger partial charge in [0.25, 0.3) is 0 Å². The van der Waals surface area contributed by atoms with Gasteiger partial charge in [-0.3, -0.25) is 0 Å². The maximum absolute atomic E-state index is 2.53. The number of rotatable bonds is 5. The van der Waals surface area contributed by atoms with Crippen LogP contribution in [0.15, 0.2) is 96.6 Å². The fraction of sp³-hybridized carbons (Fsp3) is 0.206. The molecule has 4 heteroatoms. The third-order valence-corrected chi connectivity index (χ3v) is 9.06. The molecule has 1 atom stereocenters. The van der Waals surface area contributed by atoms with E-state index in [2.05, 4.69) is 124 Å². The van der Waals surface area contributed by atoms with E-state index < -0.39 is 8.80 Å². The van der Waals surface area contributed by atoms with Crippen LogP contribution in [-0.2, 0) is 26.2 Å². The van der Waals surface area contributed by atoms with Crippen molar-refractivity contribution < 1.29 is 51.0 Å². The minimum atomic E-state index is -0.648. The van der Waals surface area contributed by atoms with Crippen molar-refractivity contribution in [1.29, 1.82) is 0 Å². The van der Waals surface area contributed by atoms with Gasteiger partial charge in [0, 0.05) is 5.92 Å². The molecular formula is C34H32Cl2SiZr. The average Bonchev–Trinajstić information content (AvgIpc) is 3.41. The molecule has 5 aromatic rings. The summed E-state index contributed by atoms with van der Waals surface area (Å²) in [6.07, 6.45) is 3.66. The molecule has 1 aliphatic rings. The summed E-state index contributed by atoms with van der Waals surface area (Å²) >= 11 is 0. The zero-order chi connectivity index (χ0) is 24.1. The van der Waals surface area contributed by atoms with Crippen molar-refractivity contribution in [3.63, 3.8) is 0 Å². The Labute approximate surface area is 260 Å². The molecular weight excluding hydrogens is 599 g/mol. The predicted octanol–water partition coefficient (Wildman–Crippen LogP) is 2.92. The van der Waals surface area contributed by atoms with Gasteiger partial charge in [-0.1, -0.05) is 128 Å². The maximum Gasteiger partial charge on any atom is 3.00 e. The van der Waals surface area contributed by atoms with Crippen molar-refractivity contribution in [1.82, 2.24) is 0 Å². The van der Waals surface area contributed by atoms with Crippen LogP contribution < -0.4 is 30.0 Å². The zero-order valence-corrected chi connectivity index (χ0v) is 27.3. The molecule has 0 saturated carbocycles. The second-order valence-corrected chi connectivity index (χ2v) is 13.2. The number of halogens is 2.